The van der Waals surface area contributed by atoms with Crippen molar-refractivity contribution in [2.75, 3.05) is 42.9 Å². The maximum atomic E-state index is 12.5. The minimum absolute atomic E-state index is 0.00431. The fourth-order valence-electron chi connectivity index (χ4n) is 3.58. The summed E-state index contributed by atoms with van der Waals surface area (Å²) in [5.41, 5.74) is 2.83. The molecule has 0 unspecified atom stereocenters. The van der Waals surface area contributed by atoms with Gasteiger partial charge in [-0.3, -0.25) is 9.69 Å². The number of nitrogens with zero attached hydrogens (tertiary/aromatic N) is 5. The lowest BCUT2D eigenvalue weighted by Gasteiger charge is -2.35. The first-order valence-corrected chi connectivity index (χ1v) is 9.69. The Kier molecular flexibility index (Phi) is 5.19. The average molecular weight is 399 g/mol. The largest absolute Gasteiger partial charge is 0.354 e. The van der Waals surface area contributed by atoms with E-state index in [0.29, 0.717) is 6.54 Å². The molecular weight excluding hydrogens is 376 g/mol. The van der Waals surface area contributed by atoms with Gasteiger partial charge in [0.15, 0.2) is 0 Å². The first-order chi connectivity index (χ1) is 13.5. The smallest absolute Gasteiger partial charge is 0.238 e. The van der Waals surface area contributed by atoms with E-state index in [0.717, 1.165) is 54.3 Å². The number of benzene rings is 1. The maximum absolute atomic E-state index is 12.5. The van der Waals surface area contributed by atoms with Crippen LogP contribution in [0.15, 0.2) is 36.5 Å². The third-order valence-corrected chi connectivity index (χ3v) is 5.21. The second-order valence-corrected chi connectivity index (χ2v) is 7.49. The first kappa shape index (κ1) is 18.7. The fraction of sp³-hybridized carbons (Fsp3) is 0.350. The third kappa shape index (κ3) is 4.10. The molecule has 1 aromatic carbocycles. The van der Waals surface area contributed by atoms with Crippen LogP contribution in [-0.2, 0) is 11.8 Å². The highest BCUT2D eigenvalue weighted by Crippen LogP contribution is 2.20. The molecule has 0 aliphatic carbocycles. The summed E-state index contributed by atoms with van der Waals surface area (Å²) >= 11 is 5.97. The van der Waals surface area contributed by atoms with Gasteiger partial charge in [0.1, 0.15) is 5.82 Å². The van der Waals surface area contributed by atoms with Crippen molar-refractivity contribution in [2.24, 2.45) is 7.05 Å². The van der Waals surface area contributed by atoms with Crippen molar-refractivity contribution >= 4 is 39.9 Å². The molecule has 1 saturated heterocycles. The molecular formula is C20H23ClN6O. The van der Waals surface area contributed by atoms with Crippen molar-refractivity contribution in [1.82, 2.24) is 19.4 Å². The van der Waals surface area contributed by atoms with Gasteiger partial charge < -0.3 is 14.8 Å². The van der Waals surface area contributed by atoms with Crippen molar-refractivity contribution < 1.29 is 4.79 Å². The summed E-state index contributed by atoms with van der Waals surface area (Å²) in [6, 6.07) is 9.96. The van der Waals surface area contributed by atoms with Crippen molar-refractivity contribution in [1.29, 1.82) is 0 Å². The van der Waals surface area contributed by atoms with Crippen molar-refractivity contribution in [2.45, 2.75) is 6.92 Å². The number of aromatic nitrogens is 3. The third-order valence-electron chi connectivity index (χ3n) is 5.05. The minimum atomic E-state index is 0.00431. The quantitative estimate of drug-likeness (QED) is 0.684. The van der Waals surface area contributed by atoms with E-state index in [1.807, 2.05) is 50.5 Å². The molecule has 3 heterocycles. The molecule has 0 radical (unpaired) electrons. The van der Waals surface area contributed by atoms with Crippen LogP contribution in [0.3, 0.4) is 0 Å². The Labute approximate surface area is 168 Å². The molecule has 0 spiro atoms. The predicted octanol–water partition coefficient (Wildman–Crippen LogP) is 2.69. The van der Waals surface area contributed by atoms with Crippen LogP contribution < -0.4 is 10.2 Å². The van der Waals surface area contributed by atoms with E-state index in [4.69, 9.17) is 11.6 Å². The van der Waals surface area contributed by atoms with E-state index in [2.05, 4.69) is 29.7 Å². The minimum Gasteiger partial charge on any atom is -0.354 e. The molecule has 1 N–H and O–H groups in total. The van der Waals surface area contributed by atoms with Gasteiger partial charge in [-0.2, -0.15) is 0 Å². The van der Waals surface area contributed by atoms with Crippen LogP contribution in [0.4, 0.5) is 11.5 Å². The van der Waals surface area contributed by atoms with E-state index >= 15 is 0 Å². The van der Waals surface area contributed by atoms with Gasteiger partial charge in [-0.15, -0.1) is 0 Å². The average Bonchev–Trinajstić information content (AvgIpc) is 3.02. The number of anilines is 2. The molecule has 4 rings (SSSR count). The molecule has 1 amide bonds. The zero-order valence-corrected chi connectivity index (χ0v) is 16.8. The number of hydrogen-bond donors (Lipinski definition) is 1. The summed E-state index contributed by atoms with van der Waals surface area (Å²) in [5, 5.41) is 4.40. The highest BCUT2D eigenvalue weighted by Gasteiger charge is 2.20. The normalized spacial score (nSPS) is 15.2. The van der Waals surface area contributed by atoms with Crippen LogP contribution in [0.2, 0.25) is 5.28 Å². The Bertz CT molecular complexity index is 989. The second kappa shape index (κ2) is 7.77. The molecule has 8 heteroatoms. The maximum Gasteiger partial charge on any atom is 0.238 e. The summed E-state index contributed by atoms with van der Waals surface area (Å²) in [6.45, 7) is 5.48. The predicted molar refractivity (Wildman–Crippen MR) is 112 cm³/mol. The highest BCUT2D eigenvalue weighted by molar-refractivity contribution is 6.28. The van der Waals surface area contributed by atoms with E-state index in [-0.39, 0.29) is 11.2 Å². The number of amides is 1. The molecule has 0 atom stereocenters. The Morgan fingerprint density at radius 3 is 2.68 bits per heavy atom. The summed E-state index contributed by atoms with van der Waals surface area (Å²) in [6.07, 6.45) is 2.02. The molecule has 1 fully saturated rings. The lowest BCUT2D eigenvalue weighted by atomic mass is 10.2. The van der Waals surface area contributed by atoms with Crippen LogP contribution in [-0.4, -0.2) is 58.1 Å². The number of nitrogens with one attached hydrogen (secondary N) is 1. The van der Waals surface area contributed by atoms with Crippen LogP contribution >= 0.6 is 11.6 Å². The van der Waals surface area contributed by atoms with E-state index < -0.39 is 0 Å². The van der Waals surface area contributed by atoms with Gasteiger partial charge in [0.25, 0.3) is 0 Å². The molecule has 0 saturated carbocycles. The summed E-state index contributed by atoms with van der Waals surface area (Å²) in [4.78, 5) is 25.2. The molecule has 1 aliphatic rings. The van der Waals surface area contributed by atoms with Crippen LogP contribution in [0, 0.1) is 6.92 Å². The molecule has 0 bridgehead atoms. The van der Waals surface area contributed by atoms with Crippen molar-refractivity contribution in [3.8, 4) is 0 Å². The second-order valence-electron chi connectivity index (χ2n) is 7.15. The van der Waals surface area contributed by atoms with Gasteiger partial charge >= 0.3 is 0 Å². The van der Waals surface area contributed by atoms with Gasteiger partial charge in [0.2, 0.25) is 11.2 Å². The molecule has 3 aromatic rings. The van der Waals surface area contributed by atoms with E-state index in [9.17, 15) is 4.79 Å². The fourth-order valence-corrected chi connectivity index (χ4v) is 3.80. The monoisotopic (exact) mass is 398 g/mol. The number of halogens is 1. The number of carbonyl (C=O) groups is 1. The molecule has 2 aromatic heterocycles. The zero-order chi connectivity index (χ0) is 19.7. The van der Waals surface area contributed by atoms with Crippen molar-refractivity contribution in [3.05, 3.63) is 47.5 Å². The summed E-state index contributed by atoms with van der Waals surface area (Å²) in [5.74, 6) is 0.849. The topological polar surface area (TPSA) is 66.3 Å². The SMILES string of the molecule is Cc1cc(N2CCN(CC(=O)Nc3ccc4c(ccn4C)c3)CC2)nc(Cl)n1. The molecule has 28 heavy (non-hydrogen) atoms. The van der Waals surface area contributed by atoms with Gasteiger partial charge in [-0.25, -0.2) is 9.97 Å². The van der Waals surface area contributed by atoms with Gasteiger partial charge in [-0.1, -0.05) is 0 Å². The van der Waals surface area contributed by atoms with Gasteiger partial charge in [0, 0.05) is 67.8 Å². The van der Waals surface area contributed by atoms with Gasteiger partial charge in [-0.05, 0) is 42.8 Å². The number of rotatable bonds is 4. The standard InChI is InChI=1S/C20H23ClN6O/c1-14-11-18(24-20(21)22-14)27-9-7-26(8-10-27)13-19(28)23-16-3-4-17-15(12-16)5-6-25(17)2/h3-6,11-12H,7-10,13H2,1-2H3,(H,23,28). The number of hydrogen-bond acceptors (Lipinski definition) is 5. The summed E-state index contributed by atoms with van der Waals surface area (Å²) < 4.78 is 2.06. The number of carbonyl (C=O) groups excluding carboxylic acids is 1. The Morgan fingerprint density at radius 2 is 1.93 bits per heavy atom. The highest BCUT2D eigenvalue weighted by atomic mass is 35.5. The lowest BCUT2D eigenvalue weighted by Crippen LogP contribution is -2.49. The van der Waals surface area contributed by atoms with Crippen molar-refractivity contribution in [3.63, 3.8) is 0 Å². The lowest BCUT2D eigenvalue weighted by molar-refractivity contribution is -0.117. The zero-order valence-electron chi connectivity index (χ0n) is 16.0. The molecule has 146 valence electrons. The van der Waals surface area contributed by atoms with Gasteiger partial charge in [0.05, 0.1) is 6.54 Å². The first-order valence-electron chi connectivity index (χ1n) is 9.31. The Balaban J connectivity index is 1.32. The van der Waals surface area contributed by atoms with Crippen LogP contribution in [0.1, 0.15) is 5.69 Å². The van der Waals surface area contributed by atoms with E-state index in [1.165, 1.54) is 0 Å². The Hall–Kier alpha value is -2.64. The number of piperazine rings is 1. The Morgan fingerprint density at radius 1 is 1.14 bits per heavy atom. The number of aryl methyl sites for hydroxylation is 2. The summed E-state index contributed by atoms with van der Waals surface area (Å²) in [7, 11) is 2.01. The number of fused-ring (bicyclic) bond motifs is 1. The van der Waals surface area contributed by atoms with Crippen LogP contribution in [0.5, 0.6) is 0 Å². The molecule has 7 nitrogen and oxygen atoms in total. The van der Waals surface area contributed by atoms with E-state index in [1.54, 1.807) is 0 Å². The molecule has 1 aliphatic heterocycles. The van der Waals surface area contributed by atoms with Crippen LogP contribution in [0.25, 0.3) is 10.9 Å².